The largest absolute Gasteiger partial charge is 0.494 e. The number of nitrogens with one attached hydrogen (secondary N) is 2. The van der Waals surface area contributed by atoms with Crippen LogP contribution in [0.5, 0.6) is 5.75 Å². The minimum atomic E-state index is -1.02. The maximum atomic E-state index is 13.0. The molecule has 0 aliphatic rings. The third-order valence-corrected chi connectivity index (χ3v) is 6.78. The smallest absolute Gasteiger partial charge is 0.326 e. The van der Waals surface area contributed by atoms with E-state index >= 15 is 0 Å². The number of ether oxygens (including phenoxy) is 1. The van der Waals surface area contributed by atoms with Crippen molar-refractivity contribution in [3.05, 3.63) is 131 Å². The molecule has 0 aliphatic heterocycles. The van der Waals surface area contributed by atoms with E-state index in [1.54, 1.807) is 60.7 Å². The number of ketones is 1. The molecule has 0 radical (unpaired) electrons. The summed E-state index contributed by atoms with van der Waals surface area (Å²) in [4.78, 5) is 37.5. The summed E-state index contributed by atoms with van der Waals surface area (Å²) < 4.78 is 5.80. The number of carbonyl (C=O) groups is 3. The number of hydrogen-bond donors (Lipinski definition) is 3. The topological polar surface area (TPSA) is 105 Å². The molecule has 3 N–H and O–H groups in total. The van der Waals surface area contributed by atoms with Crippen LogP contribution in [0.15, 0.2) is 109 Å². The Hall–Kier alpha value is -4.91. The number of aliphatic carboxylic acids is 1. The third-order valence-electron chi connectivity index (χ3n) is 6.78. The Morgan fingerprint density at radius 1 is 0.805 bits per heavy atom. The molecule has 41 heavy (non-hydrogen) atoms. The first-order chi connectivity index (χ1) is 19.9. The number of carbonyl (C=O) groups excluding carboxylic acids is 2. The van der Waals surface area contributed by atoms with Gasteiger partial charge in [0, 0.05) is 29.8 Å². The van der Waals surface area contributed by atoms with Gasteiger partial charge in [-0.1, -0.05) is 84.9 Å². The summed E-state index contributed by atoms with van der Waals surface area (Å²) in [7, 11) is 0. The van der Waals surface area contributed by atoms with Gasteiger partial charge in [0.15, 0.2) is 5.78 Å². The van der Waals surface area contributed by atoms with Gasteiger partial charge in [0.05, 0.1) is 12.5 Å². The van der Waals surface area contributed by atoms with Crippen molar-refractivity contribution in [2.45, 2.75) is 31.7 Å². The summed E-state index contributed by atoms with van der Waals surface area (Å²) in [5.74, 6) is -0.766. The molecule has 0 heterocycles. The number of hydrogen-bond acceptors (Lipinski definition) is 5. The lowest BCUT2D eigenvalue weighted by Crippen LogP contribution is -2.32. The molecule has 7 nitrogen and oxygen atoms in total. The molecule has 7 heteroatoms. The molecule has 0 saturated carbocycles. The van der Waals surface area contributed by atoms with Crippen LogP contribution in [0.2, 0.25) is 0 Å². The van der Waals surface area contributed by atoms with Gasteiger partial charge in [0.25, 0.3) is 0 Å². The number of carboxylic acids is 1. The number of rotatable bonds is 14. The van der Waals surface area contributed by atoms with Gasteiger partial charge in [-0.25, -0.2) is 4.79 Å². The number of benzene rings is 4. The highest BCUT2D eigenvalue weighted by Crippen LogP contribution is 2.22. The van der Waals surface area contributed by atoms with E-state index in [9.17, 15) is 19.5 Å². The Morgan fingerprint density at radius 2 is 1.44 bits per heavy atom. The predicted molar refractivity (Wildman–Crippen MR) is 159 cm³/mol. The van der Waals surface area contributed by atoms with Gasteiger partial charge in [-0.3, -0.25) is 9.59 Å². The van der Waals surface area contributed by atoms with Crippen LogP contribution >= 0.6 is 0 Å². The lowest BCUT2D eigenvalue weighted by Gasteiger charge is -2.18. The molecule has 0 aliphatic carbocycles. The first-order valence-electron chi connectivity index (χ1n) is 13.6. The van der Waals surface area contributed by atoms with Crippen LogP contribution in [0.1, 0.15) is 46.3 Å². The Bertz CT molecular complexity index is 1440. The highest BCUT2D eigenvalue weighted by atomic mass is 16.5. The van der Waals surface area contributed by atoms with Crippen molar-refractivity contribution in [1.82, 2.24) is 5.32 Å². The van der Waals surface area contributed by atoms with Gasteiger partial charge in [-0.05, 0) is 48.7 Å². The molecule has 4 aromatic carbocycles. The van der Waals surface area contributed by atoms with E-state index in [1.165, 1.54) is 0 Å². The molecule has 0 fully saturated rings. The Morgan fingerprint density at radius 3 is 2.12 bits per heavy atom. The second-order valence-corrected chi connectivity index (χ2v) is 9.75. The van der Waals surface area contributed by atoms with E-state index in [0.29, 0.717) is 42.1 Å². The number of anilines is 1. The summed E-state index contributed by atoms with van der Waals surface area (Å²) in [6.07, 6.45) is 0.871. The molecule has 1 amide bonds. The fourth-order valence-corrected chi connectivity index (χ4v) is 4.42. The van der Waals surface area contributed by atoms with Crippen molar-refractivity contribution in [2.75, 3.05) is 18.5 Å². The van der Waals surface area contributed by atoms with Crippen molar-refractivity contribution in [3.63, 3.8) is 0 Å². The normalized spacial score (nSPS) is 12.1. The van der Waals surface area contributed by atoms with Gasteiger partial charge in [0.2, 0.25) is 5.91 Å². The van der Waals surface area contributed by atoms with Crippen molar-refractivity contribution in [2.24, 2.45) is 0 Å². The highest BCUT2D eigenvalue weighted by molar-refractivity contribution is 6.12. The number of para-hydroxylation sites is 1. The van der Waals surface area contributed by atoms with E-state index in [0.717, 1.165) is 11.1 Å². The third kappa shape index (κ3) is 8.29. The summed E-state index contributed by atoms with van der Waals surface area (Å²) in [6, 6.07) is 31.8. The minimum Gasteiger partial charge on any atom is -0.494 e. The average Bonchev–Trinajstić information content (AvgIpc) is 3.01. The molecule has 0 spiro atoms. The summed E-state index contributed by atoms with van der Waals surface area (Å²) in [5.41, 5.74) is 3.21. The molecular formula is C34H34N2O5. The highest BCUT2D eigenvalue weighted by Gasteiger charge is 2.21. The van der Waals surface area contributed by atoms with Crippen LogP contribution in [0.3, 0.4) is 0 Å². The summed E-state index contributed by atoms with van der Waals surface area (Å²) in [5, 5.41) is 15.9. The summed E-state index contributed by atoms with van der Waals surface area (Å²) in [6.45, 7) is 2.83. The maximum Gasteiger partial charge on any atom is 0.326 e. The van der Waals surface area contributed by atoms with Crippen LogP contribution in [-0.2, 0) is 16.0 Å². The standard InChI is InChI=1S/C34H34N2O5/c1-24(26-11-4-2-5-12-26)33(38)35-21-10-22-41-28-19-17-25(18-20-28)23-31(34(39)40)36-30-16-9-8-15-29(30)32(37)27-13-6-3-7-14-27/h2-9,11-20,24,31,36H,10,21-23H2,1H3,(H,35,38)(H,39,40). The molecule has 0 saturated heterocycles. The van der Waals surface area contributed by atoms with Crippen molar-refractivity contribution in [1.29, 1.82) is 0 Å². The molecule has 0 bridgehead atoms. The van der Waals surface area contributed by atoms with Gasteiger partial charge in [0.1, 0.15) is 11.8 Å². The quantitative estimate of drug-likeness (QED) is 0.137. The molecule has 2 atom stereocenters. The van der Waals surface area contributed by atoms with E-state index in [4.69, 9.17) is 4.74 Å². The van der Waals surface area contributed by atoms with Crippen molar-refractivity contribution in [3.8, 4) is 5.75 Å². The predicted octanol–water partition coefficient (Wildman–Crippen LogP) is 5.71. The zero-order valence-electron chi connectivity index (χ0n) is 23.0. The van der Waals surface area contributed by atoms with Crippen LogP contribution in [0, 0.1) is 0 Å². The van der Waals surface area contributed by atoms with E-state index in [-0.39, 0.29) is 24.0 Å². The van der Waals surface area contributed by atoms with Gasteiger partial charge in [-0.2, -0.15) is 0 Å². The van der Waals surface area contributed by atoms with Crippen LogP contribution in [0.4, 0.5) is 5.69 Å². The first kappa shape index (κ1) is 29.1. The fourth-order valence-electron chi connectivity index (χ4n) is 4.42. The molecule has 4 rings (SSSR count). The van der Waals surface area contributed by atoms with Gasteiger partial charge >= 0.3 is 5.97 Å². The van der Waals surface area contributed by atoms with Crippen molar-refractivity contribution < 1.29 is 24.2 Å². The fraction of sp³-hybridized carbons (Fsp3) is 0.206. The SMILES string of the molecule is CC(C(=O)NCCCOc1ccc(CC(Nc2ccccc2C(=O)c2ccccc2)C(=O)O)cc1)c1ccccc1. The molecular weight excluding hydrogens is 516 g/mol. The monoisotopic (exact) mass is 550 g/mol. The lowest BCUT2D eigenvalue weighted by molar-refractivity contribution is -0.137. The number of amides is 1. The van der Waals surface area contributed by atoms with Crippen LogP contribution < -0.4 is 15.4 Å². The van der Waals surface area contributed by atoms with Crippen molar-refractivity contribution >= 4 is 23.3 Å². The lowest BCUT2D eigenvalue weighted by atomic mass is 10.00. The molecule has 4 aromatic rings. The second-order valence-electron chi connectivity index (χ2n) is 9.75. The van der Waals surface area contributed by atoms with E-state index < -0.39 is 12.0 Å². The number of carboxylic acid groups (broad SMARTS) is 1. The minimum absolute atomic E-state index is 0.0193. The maximum absolute atomic E-state index is 13.0. The van der Waals surface area contributed by atoms with E-state index in [1.807, 2.05) is 55.5 Å². The molecule has 2 unspecified atom stereocenters. The Kier molecular flexibility index (Phi) is 10.3. The van der Waals surface area contributed by atoms with Crippen LogP contribution in [-0.4, -0.2) is 42.0 Å². The second kappa shape index (κ2) is 14.5. The Labute approximate surface area is 240 Å². The van der Waals surface area contributed by atoms with Crippen LogP contribution in [0.25, 0.3) is 0 Å². The zero-order valence-corrected chi connectivity index (χ0v) is 23.0. The molecule has 0 aromatic heterocycles. The summed E-state index contributed by atoms with van der Waals surface area (Å²) >= 11 is 0. The molecule has 210 valence electrons. The van der Waals surface area contributed by atoms with Gasteiger partial charge < -0.3 is 20.5 Å². The van der Waals surface area contributed by atoms with Gasteiger partial charge in [-0.15, -0.1) is 0 Å². The zero-order chi connectivity index (χ0) is 29.0. The first-order valence-corrected chi connectivity index (χ1v) is 13.6. The van der Waals surface area contributed by atoms with E-state index in [2.05, 4.69) is 10.6 Å². The Balaban J connectivity index is 1.27. The average molecular weight is 551 g/mol.